The Morgan fingerprint density at radius 3 is 2.64 bits per heavy atom. The van der Waals surface area contributed by atoms with Crippen molar-refractivity contribution in [1.82, 2.24) is 15.3 Å². The predicted octanol–water partition coefficient (Wildman–Crippen LogP) is 0.306. The first-order valence-electron chi connectivity index (χ1n) is 3.59. The third-order valence-electron chi connectivity index (χ3n) is 1.31. The number of nitrogens with zero attached hydrogens (tertiary/aromatic N) is 1. The molecule has 60 valence electrons. The number of H-pyrrole nitrogens is 1. The van der Waals surface area contributed by atoms with Crippen LogP contribution < -0.4 is 5.32 Å². The van der Waals surface area contributed by atoms with Gasteiger partial charge in [0, 0.05) is 25.4 Å². The molecule has 1 saturated heterocycles. The Balaban J connectivity index is 0.000000112. The Labute approximate surface area is 65.0 Å². The predicted molar refractivity (Wildman–Crippen MR) is 40.8 cm³/mol. The van der Waals surface area contributed by atoms with Crippen LogP contribution in [0.15, 0.2) is 18.7 Å². The molecule has 1 aromatic rings. The van der Waals surface area contributed by atoms with E-state index in [2.05, 4.69) is 15.3 Å². The average molecular weight is 153 g/mol. The van der Waals surface area contributed by atoms with E-state index in [1.54, 1.807) is 18.7 Å². The molecule has 0 aliphatic carbocycles. The molecule has 1 aliphatic heterocycles. The monoisotopic (exact) mass is 153 g/mol. The Morgan fingerprint density at radius 2 is 2.45 bits per heavy atom. The summed E-state index contributed by atoms with van der Waals surface area (Å²) in [5.74, 6) is 0.204. The van der Waals surface area contributed by atoms with E-state index >= 15 is 0 Å². The fourth-order valence-electron chi connectivity index (χ4n) is 0.780. The summed E-state index contributed by atoms with van der Waals surface area (Å²) in [5, 5.41) is 2.68. The van der Waals surface area contributed by atoms with Crippen molar-refractivity contribution >= 4 is 5.91 Å². The van der Waals surface area contributed by atoms with Crippen LogP contribution in [0.5, 0.6) is 0 Å². The first-order chi connectivity index (χ1) is 5.39. The van der Waals surface area contributed by atoms with Crippen molar-refractivity contribution in [2.75, 3.05) is 6.54 Å². The largest absolute Gasteiger partial charge is 0.356 e. The molecule has 4 nitrogen and oxygen atoms in total. The minimum Gasteiger partial charge on any atom is -0.356 e. The number of imidazole rings is 1. The van der Waals surface area contributed by atoms with Crippen LogP contribution in [-0.2, 0) is 4.79 Å². The standard InChI is InChI=1S/C4H7NO.C3H4N2/c6-4-2-1-3-5-4;1-2-5-3-4-1/h1-3H2,(H,5,6);1-3H,(H,4,5). The van der Waals surface area contributed by atoms with Crippen LogP contribution in [-0.4, -0.2) is 22.4 Å². The van der Waals surface area contributed by atoms with Gasteiger partial charge in [0.2, 0.25) is 5.91 Å². The average Bonchev–Trinajstić information content (AvgIpc) is 2.57. The van der Waals surface area contributed by atoms with Gasteiger partial charge in [0.05, 0.1) is 6.33 Å². The van der Waals surface area contributed by atoms with Crippen molar-refractivity contribution in [3.05, 3.63) is 18.7 Å². The smallest absolute Gasteiger partial charge is 0.220 e. The second-order valence-electron chi connectivity index (χ2n) is 2.21. The van der Waals surface area contributed by atoms with Crippen molar-refractivity contribution in [3.8, 4) is 0 Å². The highest BCUT2D eigenvalue weighted by Gasteiger charge is 2.05. The quantitative estimate of drug-likeness (QED) is 0.563. The number of carbonyl (C=O) groups excluding carboxylic acids is 1. The molecular formula is C7H11N3O. The van der Waals surface area contributed by atoms with Crippen LogP contribution in [0, 0.1) is 0 Å². The highest BCUT2D eigenvalue weighted by atomic mass is 16.1. The van der Waals surface area contributed by atoms with Gasteiger partial charge in [-0.1, -0.05) is 0 Å². The molecule has 4 heteroatoms. The highest BCUT2D eigenvalue weighted by Crippen LogP contribution is 1.93. The molecule has 1 fully saturated rings. The van der Waals surface area contributed by atoms with Crippen molar-refractivity contribution in [3.63, 3.8) is 0 Å². The highest BCUT2D eigenvalue weighted by molar-refractivity contribution is 5.77. The van der Waals surface area contributed by atoms with Gasteiger partial charge in [0.1, 0.15) is 0 Å². The second-order valence-corrected chi connectivity index (χ2v) is 2.21. The van der Waals surface area contributed by atoms with E-state index in [0.29, 0.717) is 0 Å². The fourth-order valence-corrected chi connectivity index (χ4v) is 0.780. The molecule has 2 N–H and O–H groups in total. The Hall–Kier alpha value is -1.32. The third kappa shape index (κ3) is 3.40. The lowest BCUT2D eigenvalue weighted by atomic mass is 10.4. The van der Waals surface area contributed by atoms with Gasteiger partial charge in [0.25, 0.3) is 0 Å². The summed E-state index contributed by atoms with van der Waals surface area (Å²) in [6, 6.07) is 0. The van der Waals surface area contributed by atoms with Gasteiger partial charge in [0.15, 0.2) is 0 Å². The van der Waals surface area contributed by atoms with Gasteiger partial charge in [-0.3, -0.25) is 4.79 Å². The molecule has 0 bridgehead atoms. The molecule has 0 spiro atoms. The van der Waals surface area contributed by atoms with Crippen molar-refractivity contribution < 1.29 is 4.79 Å². The summed E-state index contributed by atoms with van der Waals surface area (Å²) >= 11 is 0. The zero-order valence-corrected chi connectivity index (χ0v) is 6.21. The lowest BCUT2D eigenvalue weighted by Crippen LogP contribution is -2.12. The van der Waals surface area contributed by atoms with Gasteiger partial charge >= 0.3 is 0 Å². The number of hydrogen-bond donors (Lipinski definition) is 2. The fraction of sp³-hybridized carbons (Fsp3) is 0.429. The topological polar surface area (TPSA) is 57.8 Å². The van der Waals surface area contributed by atoms with Crippen LogP contribution in [0.4, 0.5) is 0 Å². The van der Waals surface area contributed by atoms with Crippen LogP contribution in [0.3, 0.4) is 0 Å². The first kappa shape index (κ1) is 7.78. The molecule has 2 rings (SSSR count). The van der Waals surface area contributed by atoms with E-state index in [4.69, 9.17) is 0 Å². The van der Waals surface area contributed by atoms with Crippen molar-refractivity contribution in [2.45, 2.75) is 12.8 Å². The molecule has 0 radical (unpaired) electrons. The van der Waals surface area contributed by atoms with E-state index in [-0.39, 0.29) is 5.91 Å². The number of aromatic nitrogens is 2. The molecule has 0 saturated carbocycles. The van der Waals surface area contributed by atoms with E-state index < -0.39 is 0 Å². The van der Waals surface area contributed by atoms with Gasteiger partial charge in [-0.05, 0) is 6.42 Å². The number of amides is 1. The van der Waals surface area contributed by atoms with Crippen LogP contribution >= 0.6 is 0 Å². The second kappa shape index (κ2) is 4.49. The molecule has 2 heterocycles. The zero-order valence-electron chi connectivity index (χ0n) is 6.21. The van der Waals surface area contributed by atoms with Crippen molar-refractivity contribution in [1.29, 1.82) is 0 Å². The molecule has 1 amide bonds. The number of nitrogens with one attached hydrogen (secondary N) is 2. The summed E-state index contributed by atoms with van der Waals surface area (Å²) in [7, 11) is 0. The van der Waals surface area contributed by atoms with E-state index in [1.807, 2.05) is 0 Å². The molecular weight excluding hydrogens is 142 g/mol. The van der Waals surface area contributed by atoms with Crippen LogP contribution in [0.25, 0.3) is 0 Å². The van der Waals surface area contributed by atoms with Gasteiger partial charge in [-0.2, -0.15) is 0 Å². The minimum absolute atomic E-state index is 0.204. The summed E-state index contributed by atoms with van der Waals surface area (Å²) in [6.07, 6.45) is 6.85. The Morgan fingerprint density at radius 1 is 1.55 bits per heavy atom. The zero-order chi connectivity index (χ0) is 7.94. The minimum atomic E-state index is 0.204. The maximum Gasteiger partial charge on any atom is 0.220 e. The number of hydrogen-bond acceptors (Lipinski definition) is 2. The summed E-state index contributed by atoms with van der Waals surface area (Å²) in [4.78, 5) is 16.5. The molecule has 0 aromatic carbocycles. The van der Waals surface area contributed by atoms with Crippen molar-refractivity contribution in [2.24, 2.45) is 0 Å². The maximum absolute atomic E-state index is 10.1. The van der Waals surface area contributed by atoms with Gasteiger partial charge < -0.3 is 10.3 Å². The maximum atomic E-state index is 10.1. The third-order valence-corrected chi connectivity index (χ3v) is 1.31. The number of aromatic amines is 1. The molecule has 1 aliphatic rings. The Kier molecular flexibility index (Phi) is 3.18. The Bertz CT molecular complexity index is 170. The SMILES string of the molecule is O=C1CCCN1.c1c[nH]cn1. The number of carbonyl (C=O) groups is 1. The van der Waals surface area contributed by atoms with E-state index in [9.17, 15) is 4.79 Å². The van der Waals surface area contributed by atoms with Crippen LogP contribution in [0.1, 0.15) is 12.8 Å². The first-order valence-corrected chi connectivity index (χ1v) is 3.59. The van der Waals surface area contributed by atoms with Gasteiger partial charge in [-0.25, -0.2) is 4.98 Å². The van der Waals surface area contributed by atoms with E-state index in [0.717, 1.165) is 19.4 Å². The van der Waals surface area contributed by atoms with Gasteiger partial charge in [-0.15, -0.1) is 0 Å². The van der Waals surface area contributed by atoms with Crippen LogP contribution in [0.2, 0.25) is 0 Å². The molecule has 1 aromatic heterocycles. The lowest BCUT2D eigenvalue weighted by Gasteiger charge is -1.80. The molecule has 0 unspecified atom stereocenters. The normalized spacial score (nSPS) is 15.1. The summed E-state index contributed by atoms with van der Waals surface area (Å²) in [5.41, 5.74) is 0. The molecule has 0 atom stereocenters. The van der Waals surface area contributed by atoms with E-state index in [1.165, 1.54) is 0 Å². The lowest BCUT2D eigenvalue weighted by molar-refractivity contribution is -0.119. The summed E-state index contributed by atoms with van der Waals surface area (Å²) < 4.78 is 0. The summed E-state index contributed by atoms with van der Waals surface area (Å²) in [6.45, 7) is 0.888. The number of rotatable bonds is 0. The molecule has 11 heavy (non-hydrogen) atoms.